The lowest BCUT2D eigenvalue weighted by molar-refractivity contribution is 0.778. The number of unbranched alkanes of at least 4 members (excludes halogenated alkanes) is 2. The van der Waals surface area contributed by atoms with Gasteiger partial charge in [-0.2, -0.15) is 0 Å². The Morgan fingerprint density at radius 3 is 2.93 bits per heavy atom. The zero-order chi connectivity index (χ0) is 11.1. The van der Waals surface area contributed by atoms with Gasteiger partial charge in [0.25, 0.3) is 0 Å². The van der Waals surface area contributed by atoms with E-state index in [-0.39, 0.29) is 0 Å². The van der Waals surface area contributed by atoms with Crippen LogP contribution in [0.5, 0.6) is 0 Å². The Hall–Kier alpha value is -0.810. The number of nitrogens with one attached hydrogen (secondary N) is 1. The molecule has 5 heteroatoms. The van der Waals surface area contributed by atoms with Crippen LogP contribution in [0, 0.1) is 6.92 Å². The molecule has 15 heavy (non-hydrogen) atoms. The highest BCUT2D eigenvalue weighted by Crippen LogP contribution is 2.21. The van der Waals surface area contributed by atoms with Gasteiger partial charge in [0.15, 0.2) is 0 Å². The second kappa shape index (κ2) is 6.63. The van der Waals surface area contributed by atoms with E-state index in [0.717, 1.165) is 16.3 Å². The molecule has 1 aromatic heterocycles. The molecule has 4 nitrogen and oxygen atoms in total. The second-order valence-electron chi connectivity index (χ2n) is 3.38. The molecule has 0 bridgehead atoms. The molecule has 1 rings (SSSR count). The predicted octanol–water partition coefficient (Wildman–Crippen LogP) is 2.35. The minimum Gasteiger partial charge on any atom is -0.292 e. The predicted molar refractivity (Wildman–Crippen MR) is 64.8 cm³/mol. The van der Waals surface area contributed by atoms with Crippen LogP contribution in [0.1, 0.15) is 31.7 Å². The van der Waals surface area contributed by atoms with Gasteiger partial charge in [-0.25, -0.2) is 15.8 Å². The van der Waals surface area contributed by atoms with Crippen LogP contribution in [-0.2, 0) is 0 Å². The van der Waals surface area contributed by atoms with E-state index in [4.69, 9.17) is 5.84 Å². The summed E-state index contributed by atoms with van der Waals surface area (Å²) in [7, 11) is 0. The molecule has 1 heterocycles. The maximum absolute atomic E-state index is 5.26. The molecule has 1 aromatic rings. The van der Waals surface area contributed by atoms with Crippen molar-refractivity contribution in [1.82, 2.24) is 9.97 Å². The highest BCUT2D eigenvalue weighted by Gasteiger charge is 2.03. The first-order valence-corrected chi connectivity index (χ1v) is 6.19. The van der Waals surface area contributed by atoms with Crippen LogP contribution in [0.25, 0.3) is 0 Å². The lowest BCUT2D eigenvalue weighted by atomic mass is 10.3. The largest absolute Gasteiger partial charge is 0.292 e. The SMILES string of the molecule is CCCCCSc1nc(NN)ncc1C. The van der Waals surface area contributed by atoms with Crippen LogP contribution in [-0.4, -0.2) is 15.7 Å². The number of aromatic nitrogens is 2. The fourth-order valence-corrected chi connectivity index (χ4v) is 2.14. The van der Waals surface area contributed by atoms with Crippen molar-refractivity contribution in [3.05, 3.63) is 11.8 Å². The molecular weight excluding hydrogens is 208 g/mol. The third kappa shape index (κ3) is 4.05. The van der Waals surface area contributed by atoms with E-state index in [1.54, 1.807) is 18.0 Å². The maximum atomic E-state index is 5.26. The minimum absolute atomic E-state index is 0.485. The van der Waals surface area contributed by atoms with E-state index in [1.165, 1.54) is 19.3 Å². The molecule has 84 valence electrons. The molecule has 0 radical (unpaired) electrons. The van der Waals surface area contributed by atoms with Gasteiger partial charge in [0.2, 0.25) is 5.95 Å². The number of hydrazine groups is 1. The Balaban J connectivity index is 2.51. The quantitative estimate of drug-likeness (QED) is 0.256. The Kier molecular flexibility index (Phi) is 5.42. The normalized spacial score (nSPS) is 10.3. The summed E-state index contributed by atoms with van der Waals surface area (Å²) in [5, 5.41) is 1.02. The standard InChI is InChI=1S/C10H18N4S/c1-3-4-5-6-15-9-8(2)7-12-10(13-9)14-11/h7H,3-6,11H2,1-2H3,(H,12,13,14). The number of thioether (sulfide) groups is 1. The summed E-state index contributed by atoms with van der Waals surface area (Å²) in [6.45, 7) is 4.22. The van der Waals surface area contributed by atoms with E-state index in [9.17, 15) is 0 Å². The first kappa shape index (κ1) is 12.3. The maximum Gasteiger partial charge on any atom is 0.238 e. The number of nitrogens with zero attached hydrogens (tertiary/aromatic N) is 2. The second-order valence-corrected chi connectivity index (χ2v) is 4.47. The van der Waals surface area contributed by atoms with E-state index < -0.39 is 0 Å². The molecular formula is C10H18N4S. The first-order chi connectivity index (χ1) is 7.27. The van der Waals surface area contributed by atoms with E-state index in [0.29, 0.717) is 5.95 Å². The molecule has 0 spiro atoms. The third-order valence-corrected chi connectivity index (χ3v) is 3.22. The topological polar surface area (TPSA) is 63.8 Å². The number of aryl methyl sites for hydroxylation is 1. The van der Waals surface area contributed by atoms with Gasteiger partial charge in [-0.1, -0.05) is 19.8 Å². The zero-order valence-electron chi connectivity index (χ0n) is 9.29. The summed E-state index contributed by atoms with van der Waals surface area (Å²) in [4.78, 5) is 8.35. The Bertz CT molecular complexity index is 303. The van der Waals surface area contributed by atoms with Crippen molar-refractivity contribution in [2.75, 3.05) is 11.2 Å². The number of rotatable bonds is 6. The number of nitrogens with two attached hydrogens (primary N) is 1. The summed E-state index contributed by atoms with van der Waals surface area (Å²) in [5.41, 5.74) is 3.57. The lowest BCUT2D eigenvalue weighted by Crippen LogP contribution is -2.11. The third-order valence-electron chi connectivity index (χ3n) is 2.04. The van der Waals surface area contributed by atoms with Crippen molar-refractivity contribution in [1.29, 1.82) is 0 Å². The summed E-state index contributed by atoms with van der Waals surface area (Å²) in [6, 6.07) is 0. The fraction of sp³-hybridized carbons (Fsp3) is 0.600. The smallest absolute Gasteiger partial charge is 0.238 e. The molecule has 3 N–H and O–H groups in total. The van der Waals surface area contributed by atoms with Crippen LogP contribution in [0.2, 0.25) is 0 Å². The van der Waals surface area contributed by atoms with Crippen LogP contribution in [0.4, 0.5) is 5.95 Å². The van der Waals surface area contributed by atoms with Crippen molar-refractivity contribution >= 4 is 17.7 Å². The van der Waals surface area contributed by atoms with Crippen molar-refractivity contribution in [2.24, 2.45) is 5.84 Å². The average molecular weight is 226 g/mol. The van der Waals surface area contributed by atoms with Gasteiger partial charge in [-0.05, 0) is 24.7 Å². The Morgan fingerprint density at radius 2 is 2.27 bits per heavy atom. The van der Waals surface area contributed by atoms with Gasteiger partial charge in [-0.3, -0.25) is 5.43 Å². The first-order valence-electron chi connectivity index (χ1n) is 5.21. The van der Waals surface area contributed by atoms with Gasteiger partial charge in [-0.15, -0.1) is 11.8 Å². The van der Waals surface area contributed by atoms with Crippen LogP contribution < -0.4 is 11.3 Å². The van der Waals surface area contributed by atoms with Gasteiger partial charge >= 0.3 is 0 Å². The van der Waals surface area contributed by atoms with E-state index in [2.05, 4.69) is 22.3 Å². The van der Waals surface area contributed by atoms with Crippen LogP contribution >= 0.6 is 11.8 Å². The Labute approximate surface area is 95.0 Å². The van der Waals surface area contributed by atoms with Gasteiger partial charge in [0, 0.05) is 6.20 Å². The van der Waals surface area contributed by atoms with Crippen molar-refractivity contribution in [2.45, 2.75) is 38.1 Å². The van der Waals surface area contributed by atoms with Crippen molar-refractivity contribution in [3.63, 3.8) is 0 Å². The molecule has 0 aliphatic heterocycles. The molecule has 0 atom stereocenters. The highest BCUT2D eigenvalue weighted by atomic mass is 32.2. The van der Waals surface area contributed by atoms with Gasteiger partial charge in [0.1, 0.15) is 5.03 Å². The summed E-state index contributed by atoms with van der Waals surface area (Å²) < 4.78 is 0. The summed E-state index contributed by atoms with van der Waals surface area (Å²) in [6.07, 6.45) is 5.55. The van der Waals surface area contributed by atoms with Crippen molar-refractivity contribution < 1.29 is 0 Å². The van der Waals surface area contributed by atoms with Gasteiger partial charge < -0.3 is 0 Å². The highest BCUT2D eigenvalue weighted by molar-refractivity contribution is 7.99. The van der Waals surface area contributed by atoms with Crippen molar-refractivity contribution in [3.8, 4) is 0 Å². The average Bonchev–Trinajstić information content (AvgIpc) is 2.26. The fourth-order valence-electron chi connectivity index (χ4n) is 1.16. The molecule has 0 saturated heterocycles. The van der Waals surface area contributed by atoms with E-state index >= 15 is 0 Å². The van der Waals surface area contributed by atoms with Gasteiger partial charge in [0.05, 0.1) is 0 Å². The summed E-state index contributed by atoms with van der Waals surface area (Å²) >= 11 is 1.77. The van der Waals surface area contributed by atoms with Crippen LogP contribution in [0.3, 0.4) is 0 Å². The molecule has 0 fully saturated rings. The Morgan fingerprint density at radius 1 is 1.47 bits per heavy atom. The molecule has 0 aromatic carbocycles. The molecule has 0 unspecified atom stereocenters. The number of nitrogen functional groups attached to an aromatic ring is 1. The minimum atomic E-state index is 0.485. The molecule has 0 aliphatic rings. The monoisotopic (exact) mass is 226 g/mol. The summed E-state index contributed by atoms with van der Waals surface area (Å²) in [5.74, 6) is 6.85. The molecule has 0 saturated carbocycles. The number of hydrogen-bond acceptors (Lipinski definition) is 5. The zero-order valence-corrected chi connectivity index (χ0v) is 10.1. The van der Waals surface area contributed by atoms with E-state index in [1.807, 2.05) is 6.92 Å². The van der Waals surface area contributed by atoms with Crippen LogP contribution in [0.15, 0.2) is 11.2 Å². The lowest BCUT2D eigenvalue weighted by Gasteiger charge is -2.05. The number of anilines is 1. The molecule has 0 aliphatic carbocycles. The molecule has 0 amide bonds. The number of hydrogen-bond donors (Lipinski definition) is 2.